The molecule has 0 atom stereocenters. The van der Waals surface area contributed by atoms with Crippen LogP contribution in [0.15, 0.2) is 36.5 Å². The van der Waals surface area contributed by atoms with Crippen molar-refractivity contribution in [3.8, 4) is 0 Å². The molecule has 1 aromatic carbocycles. The maximum Gasteiger partial charge on any atom is 0.418 e. The van der Waals surface area contributed by atoms with Gasteiger partial charge in [-0.25, -0.2) is 4.98 Å². The molecule has 1 heterocycles. The Morgan fingerprint density at radius 1 is 1.27 bits per heavy atom. The highest BCUT2D eigenvalue weighted by Crippen LogP contribution is 2.36. The van der Waals surface area contributed by atoms with Crippen LogP contribution in [0.25, 0.3) is 0 Å². The molecule has 0 saturated heterocycles. The van der Waals surface area contributed by atoms with Gasteiger partial charge in [0.05, 0.1) is 23.1 Å². The van der Waals surface area contributed by atoms with Gasteiger partial charge in [0.25, 0.3) is 5.91 Å². The third-order valence-electron chi connectivity index (χ3n) is 3.80. The van der Waals surface area contributed by atoms with E-state index in [9.17, 15) is 18.0 Å². The topological polar surface area (TPSA) is 45.2 Å². The van der Waals surface area contributed by atoms with Crippen LogP contribution >= 0.6 is 11.6 Å². The number of pyridine rings is 1. The highest BCUT2D eigenvalue weighted by atomic mass is 35.5. The van der Waals surface area contributed by atoms with Crippen LogP contribution in [0.2, 0.25) is 5.02 Å². The largest absolute Gasteiger partial charge is 0.418 e. The number of benzene rings is 1. The first-order valence-corrected chi connectivity index (χ1v) is 8.45. The number of carbonyl (C=O) groups is 1. The van der Waals surface area contributed by atoms with Crippen LogP contribution in [0.4, 0.5) is 24.5 Å². The van der Waals surface area contributed by atoms with E-state index in [0.29, 0.717) is 0 Å². The summed E-state index contributed by atoms with van der Waals surface area (Å²) >= 11 is 5.63. The van der Waals surface area contributed by atoms with Crippen molar-refractivity contribution in [2.45, 2.75) is 25.9 Å². The molecule has 26 heavy (non-hydrogen) atoms. The van der Waals surface area contributed by atoms with Gasteiger partial charge in [-0.3, -0.25) is 4.79 Å². The second-order valence-electron chi connectivity index (χ2n) is 5.82. The van der Waals surface area contributed by atoms with Gasteiger partial charge in [0.2, 0.25) is 0 Å². The molecule has 0 unspecified atom stereocenters. The average molecular weight is 386 g/mol. The molecule has 2 aromatic rings. The third kappa shape index (κ3) is 5.11. The zero-order chi connectivity index (χ0) is 19.3. The van der Waals surface area contributed by atoms with Gasteiger partial charge in [0.1, 0.15) is 5.69 Å². The van der Waals surface area contributed by atoms with E-state index >= 15 is 0 Å². The van der Waals surface area contributed by atoms with Gasteiger partial charge < -0.3 is 10.2 Å². The van der Waals surface area contributed by atoms with Gasteiger partial charge in [-0.2, -0.15) is 13.2 Å². The fourth-order valence-corrected chi connectivity index (χ4v) is 2.49. The van der Waals surface area contributed by atoms with Crippen LogP contribution in [0.3, 0.4) is 0 Å². The van der Waals surface area contributed by atoms with E-state index < -0.39 is 17.6 Å². The highest BCUT2D eigenvalue weighted by Gasteiger charge is 2.34. The summed E-state index contributed by atoms with van der Waals surface area (Å²) in [6, 6.07) is 6.37. The summed E-state index contributed by atoms with van der Waals surface area (Å²) in [5.74, 6) is -0.722. The number of aromatic nitrogens is 1. The molecule has 0 fully saturated rings. The van der Waals surface area contributed by atoms with Crippen LogP contribution in [0.5, 0.6) is 0 Å². The summed E-state index contributed by atoms with van der Waals surface area (Å²) in [7, 11) is 1.91. The van der Waals surface area contributed by atoms with Crippen LogP contribution < -0.4 is 10.2 Å². The van der Waals surface area contributed by atoms with E-state index in [0.717, 1.165) is 37.2 Å². The summed E-state index contributed by atoms with van der Waals surface area (Å²) < 4.78 is 39.3. The van der Waals surface area contributed by atoms with Gasteiger partial charge in [-0.1, -0.05) is 24.9 Å². The smallest absolute Gasteiger partial charge is 0.373 e. The minimum absolute atomic E-state index is 0.0284. The summed E-state index contributed by atoms with van der Waals surface area (Å²) in [6.45, 7) is 2.94. The lowest BCUT2D eigenvalue weighted by atomic mass is 10.1. The van der Waals surface area contributed by atoms with Crippen molar-refractivity contribution >= 4 is 28.9 Å². The van der Waals surface area contributed by atoms with E-state index in [1.807, 2.05) is 11.9 Å². The Morgan fingerprint density at radius 3 is 2.58 bits per heavy atom. The minimum Gasteiger partial charge on any atom is -0.373 e. The molecule has 0 aliphatic heterocycles. The number of hydrogen-bond donors (Lipinski definition) is 1. The number of anilines is 2. The zero-order valence-electron chi connectivity index (χ0n) is 14.4. The summed E-state index contributed by atoms with van der Waals surface area (Å²) in [5, 5.41) is 2.19. The lowest BCUT2D eigenvalue weighted by Crippen LogP contribution is -2.20. The number of nitrogens with one attached hydrogen (secondary N) is 1. The van der Waals surface area contributed by atoms with Crippen LogP contribution in [0.1, 0.15) is 35.8 Å². The number of hydrogen-bond acceptors (Lipinski definition) is 3. The van der Waals surface area contributed by atoms with Gasteiger partial charge >= 0.3 is 6.18 Å². The minimum atomic E-state index is -4.63. The van der Waals surface area contributed by atoms with Gasteiger partial charge in [0, 0.05) is 18.6 Å². The second kappa shape index (κ2) is 8.40. The Balaban J connectivity index is 2.16. The Labute approximate surface area is 155 Å². The normalized spacial score (nSPS) is 11.3. The average Bonchev–Trinajstić information content (AvgIpc) is 2.60. The zero-order valence-corrected chi connectivity index (χ0v) is 15.2. The van der Waals surface area contributed by atoms with E-state index in [1.165, 1.54) is 18.3 Å². The predicted molar refractivity (Wildman–Crippen MR) is 96.8 cm³/mol. The molecule has 4 nitrogen and oxygen atoms in total. The molecule has 1 aromatic heterocycles. The first-order chi connectivity index (χ1) is 12.2. The molecule has 0 radical (unpaired) electrons. The molecule has 0 bridgehead atoms. The monoisotopic (exact) mass is 385 g/mol. The Hall–Kier alpha value is -2.28. The van der Waals surface area contributed by atoms with E-state index in [2.05, 4.69) is 17.2 Å². The highest BCUT2D eigenvalue weighted by molar-refractivity contribution is 6.30. The van der Waals surface area contributed by atoms with Crippen molar-refractivity contribution in [2.75, 3.05) is 23.8 Å². The van der Waals surface area contributed by atoms with E-state index in [-0.39, 0.29) is 16.4 Å². The van der Waals surface area contributed by atoms with Gasteiger partial charge in [-0.15, -0.1) is 0 Å². The van der Waals surface area contributed by atoms with Crippen molar-refractivity contribution in [1.82, 2.24) is 4.98 Å². The van der Waals surface area contributed by atoms with Crippen molar-refractivity contribution in [2.24, 2.45) is 0 Å². The number of unbranched alkanes of at least 4 members (excludes halogenated alkanes) is 1. The lowest BCUT2D eigenvalue weighted by molar-refractivity contribution is -0.136. The van der Waals surface area contributed by atoms with Crippen molar-refractivity contribution in [3.63, 3.8) is 0 Å². The first-order valence-electron chi connectivity index (χ1n) is 8.07. The number of halogens is 4. The number of alkyl halides is 3. The van der Waals surface area contributed by atoms with Crippen LogP contribution in [0, 0.1) is 0 Å². The number of amides is 1. The molecular formula is C18H19ClF3N3O. The number of nitrogens with zero attached hydrogens (tertiary/aromatic N) is 2. The molecular weight excluding hydrogens is 367 g/mol. The van der Waals surface area contributed by atoms with Crippen LogP contribution in [-0.2, 0) is 6.18 Å². The molecule has 2 rings (SSSR count). The Morgan fingerprint density at radius 2 is 2.00 bits per heavy atom. The molecule has 0 saturated carbocycles. The predicted octanol–water partition coefficient (Wildman–Crippen LogP) is 5.24. The Kier molecular flexibility index (Phi) is 6.47. The van der Waals surface area contributed by atoms with Crippen LogP contribution in [-0.4, -0.2) is 24.5 Å². The molecule has 0 spiro atoms. The molecule has 140 valence electrons. The quantitative estimate of drug-likeness (QED) is 0.739. The summed E-state index contributed by atoms with van der Waals surface area (Å²) in [4.78, 5) is 18.3. The first kappa shape index (κ1) is 20.0. The maximum atomic E-state index is 13.1. The fourth-order valence-electron chi connectivity index (χ4n) is 2.32. The van der Waals surface area contributed by atoms with E-state index in [4.69, 9.17) is 11.6 Å². The van der Waals surface area contributed by atoms with Gasteiger partial charge in [-0.05, 0) is 36.8 Å². The fraction of sp³-hybridized carbons (Fsp3) is 0.333. The number of rotatable bonds is 6. The van der Waals surface area contributed by atoms with Gasteiger partial charge in [0.15, 0.2) is 0 Å². The molecule has 1 amide bonds. The lowest BCUT2D eigenvalue weighted by Gasteiger charge is -2.18. The Bertz CT molecular complexity index is 763. The second-order valence-corrected chi connectivity index (χ2v) is 6.25. The molecule has 1 N–H and O–H groups in total. The SMILES string of the molecule is CCCCN(C)c1ccc(C(=O)Nc2ccc(Cl)cc2C(F)(F)F)nc1. The summed E-state index contributed by atoms with van der Waals surface area (Å²) in [6.07, 6.45) is -1.03. The molecule has 0 aliphatic rings. The van der Waals surface area contributed by atoms with Crippen molar-refractivity contribution < 1.29 is 18.0 Å². The summed E-state index contributed by atoms with van der Waals surface area (Å²) in [5.41, 5.74) is -0.509. The third-order valence-corrected chi connectivity index (χ3v) is 4.04. The maximum absolute atomic E-state index is 13.1. The molecule has 0 aliphatic carbocycles. The van der Waals surface area contributed by atoms with Crippen molar-refractivity contribution in [3.05, 3.63) is 52.8 Å². The number of carbonyl (C=O) groups excluding carboxylic acids is 1. The van der Waals surface area contributed by atoms with Crippen molar-refractivity contribution in [1.29, 1.82) is 0 Å². The molecule has 8 heteroatoms. The standard InChI is InChI=1S/C18H19ClF3N3O/c1-3-4-9-25(2)13-6-8-16(23-11-13)17(26)24-15-7-5-12(19)10-14(15)18(20,21)22/h5-8,10-11H,3-4,9H2,1-2H3,(H,24,26). The van der Waals surface area contributed by atoms with E-state index in [1.54, 1.807) is 6.07 Å².